The molecule has 1 fully saturated rings. The zero-order chi connectivity index (χ0) is 13.2. The molecule has 0 radical (unpaired) electrons. The zero-order valence-corrected chi connectivity index (χ0v) is 12.9. The molecule has 4 heteroatoms. The molecule has 1 aliphatic heterocycles. The Labute approximate surface area is 115 Å². The highest BCUT2D eigenvalue weighted by molar-refractivity contribution is 7.11. The van der Waals surface area contributed by atoms with Crippen LogP contribution in [-0.2, 0) is 11.8 Å². The van der Waals surface area contributed by atoms with Crippen molar-refractivity contribution in [2.45, 2.75) is 39.5 Å². The topological polar surface area (TPSA) is 28.2 Å². The van der Waals surface area contributed by atoms with Gasteiger partial charge in [0, 0.05) is 43.0 Å². The summed E-state index contributed by atoms with van der Waals surface area (Å²) in [4.78, 5) is 8.72. The Balaban J connectivity index is 2.10. The summed E-state index contributed by atoms with van der Waals surface area (Å²) in [6.45, 7) is 14.8. The van der Waals surface area contributed by atoms with Gasteiger partial charge in [-0.05, 0) is 13.3 Å². The summed E-state index contributed by atoms with van der Waals surface area (Å²) in [6.07, 6.45) is 1.05. The van der Waals surface area contributed by atoms with Gasteiger partial charge in [-0.1, -0.05) is 20.8 Å². The van der Waals surface area contributed by atoms with E-state index in [9.17, 15) is 0 Å². The Morgan fingerprint density at radius 3 is 2.56 bits per heavy atom. The summed E-state index contributed by atoms with van der Waals surface area (Å²) in [5, 5.41) is 4.69. The van der Waals surface area contributed by atoms with Gasteiger partial charge in [0.15, 0.2) is 0 Å². The first-order valence-electron chi connectivity index (χ1n) is 6.93. The Morgan fingerprint density at radius 2 is 2.00 bits per heavy atom. The predicted molar refractivity (Wildman–Crippen MR) is 78.6 cm³/mol. The summed E-state index contributed by atoms with van der Waals surface area (Å²) in [7, 11) is 0. The summed E-state index contributed by atoms with van der Waals surface area (Å²) in [5.41, 5.74) is 1.45. The van der Waals surface area contributed by atoms with Gasteiger partial charge < -0.3 is 5.32 Å². The molecule has 0 saturated carbocycles. The van der Waals surface area contributed by atoms with E-state index >= 15 is 0 Å². The third kappa shape index (κ3) is 3.11. The van der Waals surface area contributed by atoms with Crippen LogP contribution in [0, 0.1) is 6.92 Å². The monoisotopic (exact) mass is 267 g/mol. The average Bonchev–Trinajstić information content (AvgIpc) is 2.72. The highest BCUT2D eigenvalue weighted by atomic mass is 32.1. The summed E-state index contributed by atoms with van der Waals surface area (Å²) < 4.78 is 0. The minimum atomic E-state index is 0.215. The van der Waals surface area contributed by atoms with Crippen LogP contribution in [0.25, 0.3) is 0 Å². The Morgan fingerprint density at radius 1 is 1.33 bits per heavy atom. The number of piperazine rings is 1. The molecule has 1 aromatic rings. The minimum Gasteiger partial charge on any atom is -0.314 e. The van der Waals surface area contributed by atoms with E-state index in [0.29, 0.717) is 0 Å². The number of aromatic nitrogens is 1. The SMILES string of the molecule is CCc1nc(C)c(C(C)(C)CN2CCNCC2)s1. The molecule has 1 aromatic heterocycles. The molecule has 0 amide bonds. The van der Waals surface area contributed by atoms with E-state index in [1.54, 1.807) is 0 Å². The number of nitrogens with zero attached hydrogens (tertiary/aromatic N) is 2. The maximum Gasteiger partial charge on any atom is 0.0928 e. The second-order valence-corrected chi connectivity index (χ2v) is 6.87. The molecule has 102 valence electrons. The third-order valence-corrected chi connectivity index (χ3v) is 5.25. The smallest absolute Gasteiger partial charge is 0.0928 e. The standard InChI is InChI=1S/C14H25N3S/c1-5-12-16-11(2)13(18-12)14(3,4)10-17-8-6-15-7-9-17/h15H,5-10H2,1-4H3. The molecule has 0 aromatic carbocycles. The van der Waals surface area contributed by atoms with Crippen LogP contribution in [0.15, 0.2) is 0 Å². The molecule has 3 nitrogen and oxygen atoms in total. The van der Waals surface area contributed by atoms with Crippen molar-refractivity contribution in [2.24, 2.45) is 0 Å². The van der Waals surface area contributed by atoms with Gasteiger partial charge >= 0.3 is 0 Å². The molecule has 0 bridgehead atoms. The molecule has 2 heterocycles. The maximum absolute atomic E-state index is 4.68. The number of nitrogens with one attached hydrogen (secondary N) is 1. The second kappa shape index (κ2) is 5.68. The van der Waals surface area contributed by atoms with Crippen molar-refractivity contribution >= 4 is 11.3 Å². The number of aryl methyl sites for hydroxylation is 2. The first-order valence-corrected chi connectivity index (χ1v) is 7.74. The van der Waals surface area contributed by atoms with Crippen molar-refractivity contribution in [2.75, 3.05) is 32.7 Å². The van der Waals surface area contributed by atoms with Crippen LogP contribution in [0.3, 0.4) is 0 Å². The Hall–Kier alpha value is -0.450. The molecule has 1 N–H and O–H groups in total. The summed E-state index contributed by atoms with van der Waals surface area (Å²) >= 11 is 1.90. The van der Waals surface area contributed by atoms with Crippen molar-refractivity contribution in [3.8, 4) is 0 Å². The Kier molecular flexibility index (Phi) is 4.41. The molecular weight excluding hydrogens is 242 g/mol. The number of thiazole rings is 1. The van der Waals surface area contributed by atoms with Crippen molar-refractivity contribution in [3.63, 3.8) is 0 Å². The summed E-state index contributed by atoms with van der Waals surface area (Å²) in [5.74, 6) is 0. The normalized spacial score (nSPS) is 18.2. The van der Waals surface area contributed by atoms with Crippen LogP contribution in [0.5, 0.6) is 0 Å². The zero-order valence-electron chi connectivity index (χ0n) is 12.0. The Bertz CT molecular complexity index is 392. The first kappa shape index (κ1) is 14.0. The molecule has 1 saturated heterocycles. The van der Waals surface area contributed by atoms with E-state index in [-0.39, 0.29) is 5.41 Å². The predicted octanol–water partition coefficient (Wildman–Crippen LogP) is 2.20. The molecule has 0 aliphatic carbocycles. The van der Waals surface area contributed by atoms with Crippen LogP contribution in [0.1, 0.15) is 36.3 Å². The fourth-order valence-electron chi connectivity index (χ4n) is 2.73. The fraction of sp³-hybridized carbons (Fsp3) is 0.786. The lowest BCUT2D eigenvalue weighted by molar-refractivity contribution is 0.201. The first-order chi connectivity index (χ1) is 8.53. The van der Waals surface area contributed by atoms with Crippen LogP contribution < -0.4 is 5.32 Å². The second-order valence-electron chi connectivity index (χ2n) is 5.79. The highest BCUT2D eigenvalue weighted by Gasteiger charge is 2.28. The average molecular weight is 267 g/mol. The van der Waals surface area contributed by atoms with E-state index in [1.807, 2.05) is 11.3 Å². The lowest BCUT2D eigenvalue weighted by Crippen LogP contribution is -2.47. The minimum absolute atomic E-state index is 0.215. The van der Waals surface area contributed by atoms with Crippen LogP contribution in [0.2, 0.25) is 0 Å². The molecule has 0 atom stereocenters. The lowest BCUT2D eigenvalue weighted by Gasteiger charge is -2.34. The maximum atomic E-state index is 4.68. The van der Waals surface area contributed by atoms with Gasteiger partial charge in [0.05, 0.1) is 10.7 Å². The van der Waals surface area contributed by atoms with E-state index in [1.165, 1.54) is 28.7 Å². The molecule has 0 unspecified atom stereocenters. The number of hydrogen-bond acceptors (Lipinski definition) is 4. The van der Waals surface area contributed by atoms with Crippen molar-refractivity contribution in [1.29, 1.82) is 0 Å². The van der Waals surface area contributed by atoms with Crippen LogP contribution >= 0.6 is 11.3 Å². The quantitative estimate of drug-likeness (QED) is 0.906. The highest BCUT2D eigenvalue weighted by Crippen LogP contribution is 2.32. The van der Waals surface area contributed by atoms with Gasteiger partial charge in [0.25, 0.3) is 0 Å². The van der Waals surface area contributed by atoms with E-state index < -0.39 is 0 Å². The molecule has 1 aliphatic rings. The van der Waals surface area contributed by atoms with Crippen molar-refractivity contribution < 1.29 is 0 Å². The van der Waals surface area contributed by atoms with Crippen LogP contribution in [-0.4, -0.2) is 42.6 Å². The third-order valence-electron chi connectivity index (χ3n) is 3.59. The van der Waals surface area contributed by atoms with Gasteiger partial charge in [-0.2, -0.15) is 0 Å². The van der Waals surface area contributed by atoms with E-state index in [0.717, 1.165) is 26.1 Å². The fourth-order valence-corrected chi connectivity index (χ4v) is 3.83. The van der Waals surface area contributed by atoms with Crippen LogP contribution in [0.4, 0.5) is 0 Å². The van der Waals surface area contributed by atoms with Gasteiger partial charge in [0.2, 0.25) is 0 Å². The van der Waals surface area contributed by atoms with Crippen molar-refractivity contribution in [1.82, 2.24) is 15.2 Å². The van der Waals surface area contributed by atoms with E-state index in [2.05, 4.69) is 42.9 Å². The van der Waals surface area contributed by atoms with Gasteiger partial charge in [-0.3, -0.25) is 4.90 Å². The number of rotatable bonds is 4. The number of hydrogen-bond donors (Lipinski definition) is 1. The molecule has 18 heavy (non-hydrogen) atoms. The van der Waals surface area contributed by atoms with E-state index in [4.69, 9.17) is 0 Å². The van der Waals surface area contributed by atoms with Gasteiger partial charge in [-0.25, -0.2) is 4.98 Å². The van der Waals surface area contributed by atoms with Gasteiger partial charge in [-0.15, -0.1) is 11.3 Å². The molecule has 2 rings (SSSR count). The largest absolute Gasteiger partial charge is 0.314 e. The van der Waals surface area contributed by atoms with Crippen molar-refractivity contribution in [3.05, 3.63) is 15.6 Å². The summed E-state index contributed by atoms with van der Waals surface area (Å²) in [6, 6.07) is 0. The van der Waals surface area contributed by atoms with Gasteiger partial charge in [0.1, 0.15) is 0 Å². The molecular formula is C14H25N3S. The molecule has 0 spiro atoms. The lowest BCUT2D eigenvalue weighted by atomic mass is 9.89.